The number of carbonyl (C=O) groups excluding carboxylic acids is 2. The quantitative estimate of drug-likeness (QED) is 0.726. The van der Waals surface area contributed by atoms with Gasteiger partial charge in [-0.3, -0.25) is 9.59 Å². The number of hydrogen-bond donors (Lipinski definition) is 3. The predicted molar refractivity (Wildman–Crippen MR) is 79.1 cm³/mol. The molecule has 110 valence electrons. The first-order valence-electron chi connectivity index (χ1n) is 6.77. The lowest BCUT2D eigenvalue weighted by molar-refractivity contribution is -0.121. The number of nitrogens with one attached hydrogen (secondary N) is 2. The maximum atomic E-state index is 11.7. The zero-order chi connectivity index (χ0) is 15.1. The molecule has 1 aromatic carbocycles. The van der Waals surface area contributed by atoms with Crippen molar-refractivity contribution in [2.24, 2.45) is 11.7 Å². The van der Waals surface area contributed by atoms with E-state index in [4.69, 9.17) is 5.73 Å². The second-order valence-electron chi connectivity index (χ2n) is 5.16. The first-order chi connectivity index (χ1) is 9.43. The Morgan fingerprint density at radius 3 is 2.30 bits per heavy atom. The molecule has 0 saturated heterocycles. The lowest BCUT2D eigenvalue weighted by Gasteiger charge is -2.15. The summed E-state index contributed by atoms with van der Waals surface area (Å²) in [5.41, 5.74) is 7.40. The van der Waals surface area contributed by atoms with Gasteiger partial charge in [0.15, 0.2) is 0 Å². The summed E-state index contributed by atoms with van der Waals surface area (Å²) in [6, 6.07) is 7.01. The van der Waals surface area contributed by atoms with E-state index in [1.54, 1.807) is 19.2 Å². The smallest absolute Gasteiger partial charge is 0.251 e. The van der Waals surface area contributed by atoms with Crippen molar-refractivity contribution in [1.29, 1.82) is 0 Å². The number of amides is 2. The van der Waals surface area contributed by atoms with E-state index in [-0.39, 0.29) is 23.8 Å². The van der Waals surface area contributed by atoms with Gasteiger partial charge in [-0.05, 0) is 23.6 Å². The molecule has 0 fully saturated rings. The van der Waals surface area contributed by atoms with Crippen LogP contribution in [-0.2, 0) is 11.3 Å². The van der Waals surface area contributed by atoms with Gasteiger partial charge in [0.05, 0.1) is 0 Å². The average Bonchev–Trinajstić information content (AvgIpc) is 2.44. The maximum absolute atomic E-state index is 11.7. The van der Waals surface area contributed by atoms with Gasteiger partial charge in [-0.2, -0.15) is 0 Å². The van der Waals surface area contributed by atoms with Crippen molar-refractivity contribution in [3.63, 3.8) is 0 Å². The van der Waals surface area contributed by atoms with Crippen molar-refractivity contribution in [2.75, 3.05) is 7.05 Å². The van der Waals surface area contributed by atoms with Gasteiger partial charge >= 0.3 is 0 Å². The standard InChI is InChI=1S/C15H23N3O2/c1-10(2)13(16)8-14(19)18-9-11-4-6-12(7-5-11)15(20)17-3/h4-7,10,13H,8-9,16H2,1-3H3,(H,17,20)(H,18,19). The summed E-state index contributed by atoms with van der Waals surface area (Å²) in [7, 11) is 1.59. The molecular formula is C15H23N3O2. The van der Waals surface area contributed by atoms with E-state index in [1.807, 2.05) is 26.0 Å². The molecule has 0 aliphatic carbocycles. The van der Waals surface area contributed by atoms with Gasteiger partial charge in [0.25, 0.3) is 5.91 Å². The zero-order valence-electron chi connectivity index (χ0n) is 12.3. The number of rotatable bonds is 6. The fourth-order valence-corrected chi connectivity index (χ4v) is 1.64. The highest BCUT2D eigenvalue weighted by Gasteiger charge is 2.12. The van der Waals surface area contributed by atoms with Crippen LogP contribution in [0.5, 0.6) is 0 Å². The highest BCUT2D eigenvalue weighted by Crippen LogP contribution is 2.05. The van der Waals surface area contributed by atoms with Crippen molar-refractivity contribution in [1.82, 2.24) is 10.6 Å². The predicted octanol–water partition coefficient (Wildman–Crippen LogP) is 1.04. The van der Waals surface area contributed by atoms with Crippen molar-refractivity contribution in [3.8, 4) is 0 Å². The van der Waals surface area contributed by atoms with Crippen LogP contribution in [0.2, 0.25) is 0 Å². The molecule has 20 heavy (non-hydrogen) atoms. The summed E-state index contributed by atoms with van der Waals surface area (Å²) >= 11 is 0. The Morgan fingerprint density at radius 1 is 1.20 bits per heavy atom. The molecule has 1 rings (SSSR count). The molecule has 0 aliphatic rings. The summed E-state index contributed by atoms with van der Waals surface area (Å²) < 4.78 is 0. The Kier molecular flexibility index (Phi) is 6.18. The van der Waals surface area contributed by atoms with Crippen LogP contribution in [0.25, 0.3) is 0 Å². The largest absolute Gasteiger partial charge is 0.355 e. The summed E-state index contributed by atoms with van der Waals surface area (Å²) in [5, 5.41) is 5.39. The van der Waals surface area contributed by atoms with Crippen LogP contribution in [-0.4, -0.2) is 24.9 Å². The van der Waals surface area contributed by atoms with Gasteiger partial charge in [-0.1, -0.05) is 26.0 Å². The topological polar surface area (TPSA) is 84.2 Å². The van der Waals surface area contributed by atoms with Gasteiger partial charge in [0, 0.05) is 31.6 Å². The third kappa shape index (κ3) is 5.01. The summed E-state index contributed by atoms with van der Waals surface area (Å²) in [6.07, 6.45) is 0.327. The maximum Gasteiger partial charge on any atom is 0.251 e. The molecule has 0 radical (unpaired) electrons. The lowest BCUT2D eigenvalue weighted by atomic mass is 10.0. The molecular weight excluding hydrogens is 254 g/mol. The first kappa shape index (κ1) is 16.2. The lowest BCUT2D eigenvalue weighted by Crippen LogP contribution is -2.34. The second-order valence-corrected chi connectivity index (χ2v) is 5.16. The van der Waals surface area contributed by atoms with Crippen molar-refractivity contribution in [2.45, 2.75) is 32.9 Å². The van der Waals surface area contributed by atoms with Crippen LogP contribution in [0, 0.1) is 5.92 Å². The fourth-order valence-electron chi connectivity index (χ4n) is 1.64. The van der Waals surface area contributed by atoms with E-state index in [2.05, 4.69) is 10.6 Å². The van der Waals surface area contributed by atoms with E-state index in [0.29, 0.717) is 18.5 Å². The molecule has 1 atom stereocenters. The fraction of sp³-hybridized carbons (Fsp3) is 0.467. The minimum absolute atomic E-state index is 0.0541. The van der Waals surface area contributed by atoms with Crippen LogP contribution in [0.4, 0.5) is 0 Å². The zero-order valence-corrected chi connectivity index (χ0v) is 12.3. The van der Waals surface area contributed by atoms with E-state index < -0.39 is 0 Å². The van der Waals surface area contributed by atoms with Gasteiger partial charge in [-0.25, -0.2) is 0 Å². The number of benzene rings is 1. The monoisotopic (exact) mass is 277 g/mol. The number of carbonyl (C=O) groups is 2. The van der Waals surface area contributed by atoms with Crippen molar-refractivity contribution >= 4 is 11.8 Å². The van der Waals surface area contributed by atoms with Crippen LogP contribution in [0.3, 0.4) is 0 Å². The van der Waals surface area contributed by atoms with E-state index >= 15 is 0 Å². The van der Waals surface area contributed by atoms with Crippen LogP contribution >= 0.6 is 0 Å². The molecule has 0 aliphatic heterocycles. The molecule has 5 nitrogen and oxygen atoms in total. The average molecular weight is 277 g/mol. The third-order valence-corrected chi connectivity index (χ3v) is 3.21. The molecule has 4 N–H and O–H groups in total. The Balaban J connectivity index is 2.46. The van der Waals surface area contributed by atoms with Gasteiger partial charge < -0.3 is 16.4 Å². The van der Waals surface area contributed by atoms with Crippen molar-refractivity contribution < 1.29 is 9.59 Å². The normalized spacial score (nSPS) is 12.1. The molecule has 1 unspecified atom stereocenters. The van der Waals surface area contributed by atoms with E-state index in [0.717, 1.165) is 5.56 Å². The molecule has 0 bridgehead atoms. The number of nitrogens with two attached hydrogens (primary N) is 1. The molecule has 0 aromatic heterocycles. The highest BCUT2D eigenvalue weighted by atomic mass is 16.2. The summed E-state index contributed by atoms with van der Waals surface area (Å²) in [6.45, 7) is 4.43. The molecule has 0 heterocycles. The highest BCUT2D eigenvalue weighted by molar-refractivity contribution is 5.93. The Hall–Kier alpha value is -1.88. The summed E-state index contributed by atoms with van der Waals surface area (Å²) in [4.78, 5) is 23.1. The molecule has 0 saturated carbocycles. The minimum Gasteiger partial charge on any atom is -0.355 e. The van der Waals surface area contributed by atoms with E-state index in [1.165, 1.54) is 0 Å². The Morgan fingerprint density at radius 2 is 1.80 bits per heavy atom. The second kappa shape index (κ2) is 7.65. The molecule has 1 aromatic rings. The van der Waals surface area contributed by atoms with Crippen LogP contribution in [0.15, 0.2) is 24.3 Å². The summed E-state index contributed by atoms with van der Waals surface area (Å²) in [5.74, 6) is 0.109. The molecule has 5 heteroatoms. The van der Waals surface area contributed by atoms with Gasteiger partial charge in [-0.15, -0.1) is 0 Å². The third-order valence-electron chi connectivity index (χ3n) is 3.21. The SMILES string of the molecule is CNC(=O)c1ccc(CNC(=O)CC(N)C(C)C)cc1. The molecule has 2 amide bonds. The van der Waals surface area contributed by atoms with E-state index in [9.17, 15) is 9.59 Å². The van der Waals surface area contributed by atoms with Gasteiger partial charge in [0.1, 0.15) is 0 Å². The van der Waals surface area contributed by atoms with Crippen molar-refractivity contribution in [3.05, 3.63) is 35.4 Å². The Bertz CT molecular complexity index is 455. The molecule has 0 spiro atoms. The number of hydrogen-bond acceptors (Lipinski definition) is 3. The minimum atomic E-state index is -0.122. The van der Waals surface area contributed by atoms with Crippen LogP contribution in [0.1, 0.15) is 36.2 Å². The van der Waals surface area contributed by atoms with Crippen LogP contribution < -0.4 is 16.4 Å². The Labute approximate surface area is 119 Å². The van der Waals surface area contributed by atoms with Gasteiger partial charge in [0.2, 0.25) is 5.91 Å². The first-order valence-corrected chi connectivity index (χ1v) is 6.77.